The van der Waals surface area contributed by atoms with Crippen LogP contribution in [0.15, 0.2) is 36.7 Å². The molecule has 1 aliphatic heterocycles. The molecule has 0 saturated carbocycles. The first kappa shape index (κ1) is 16.9. The van der Waals surface area contributed by atoms with Crippen LogP contribution < -0.4 is 4.74 Å². The number of aromatic nitrogens is 3. The SMILES string of the molecule is OCC1(C(O)Cn2cnc(COc3ccccc3)n2)CCOCC1. The first-order valence-electron chi connectivity index (χ1n) is 8.15. The maximum atomic E-state index is 10.6. The van der Waals surface area contributed by atoms with E-state index in [9.17, 15) is 10.2 Å². The summed E-state index contributed by atoms with van der Waals surface area (Å²) in [6.07, 6.45) is 2.17. The molecule has 24 heavy (non-hydrogen) atoms. The maximum absolute atomic E-state index is 10.6. The molecule has 2 heterocycles. The zero-order chi connectivity index (χ0) is 16.8. The molecule has 7 nitrogen and oxygen atoms in total. The molecular formula is C17H23N3O4. The lowest BCUT2D eigenvalue weighted by Gasteiger charge is -2.39. The van der Waals surface area contributed by atoms with Gasteiger partial charge in [0.2, 0.25) is 0 Å². The van der Waals surface area contributed by atoms with Crippen molar-refractivity contribution in [2.75, 3.05) is 19.8 Å². The predicted octanol–water partition coefficient (Wildman–Crippen LogP) is 1.01. The molecule has 7 heteroatoms. The van der Waals surface area contributed by atoms with E-state index < -0.39 is 11.5 Å². The average molecular weight is 333 g/mol. The molecule has 0 spiro atoms. The highest BCUT2D eigenvalue weighted by molar-refractivity contribution is 5.20. The largest absolute Gasteiger partial charge is 0.486 e. The Hall–Kier alpha value is -1.96. The molecule has 0 bridgehead atoms. The summed E-state index contributed by atoms with van der Waals surface area (Å²) in [4.78, 5) is 4.21. The van der Waals surface area contributed by atoms with Gasteiger partial charge in [-0.3, -0.25) is 0 Å². The molecule has 2 N–H and O–H groups in total. The summed E-state index contributed by atoms with van der Waals surface area (Å²) in [7, 11) is 0. The van der Waals surface area contributed by atoms with Crippen LogP contribution in [-0.4, -0.2) is 50.9 Å². The third-order valence-electron chi connectivity index (χ3n) is 4.57. The van der Waals surface area contributed by atoms with Gasteiger partial charge in [-0.2, -0.15) is 5.10 Å². The van der Waals surface area contributed by atoms with Crippen LogP contribution in [0.1, 0.15) is 18.7 Å². The zero-order valence-corrected chi connectivity index (χ0v) is 13.5. The van der Waals surface area contributed by atoms with Gasteiger partial charge in [0.15, 0.2) is 5.82 Å². The molecule has 0 aliphatic carbocycles. The fourth-order valence-electron chi connectivity index (χ4n) is 2.90. The standard InChI is InChI=1S/C17H23N3O4/c21-12-17(6-8-23-9-7-17)15(22)10-20-13-18-16(19-20)11-24-14-4-2-1-3-5-14/h1-5,13,15,21-22H,6-12H2. The van der Waals surface area contributed by atoms with Gasteiger partial charge >= 0.3 is 0 Å². The minimum atomic E-state index is -0.698. The molecule has 1 saturated heterocycles. The lowest BCUT2D eigenvalue weighted by molar-refractivity contribution is -0.0940. The van der Waals surface area contributed by atoms with Crippen molar-refractivity contribution in [2.45, 2.75) is 32.1 Å². The molecule has 3 rings (SSSR count). The van der Waals surface area contributed by atoms with Crippen LogP contribution in [0.3, 0.4) is 0 Å². The fraction of sp³-hybridized carbons (Fsp3) is 0.529. The molecule has 1 aliphatic rings. The molecule has 2 aromatic rings. The smallest absolute Gasteiger partial charge is 0.188 e. The van der Waals surface area contributed by atoms with Gasteiger partial charge in [0.25, 0.3) is 0 Å². The summed E-state index contributed by atoms with van der Waals surface area (Å²) in [6.45, 7) is 1.62. The Bertz CT molecular complexity index is 626. The molecule has 1 fully saturated rings. The van der Waals surface area contributed by atoms with Crippen molar-refractivity contribution >= 4 is 0 Å². The average Bonchev–Trinajstić information content (AvgIpc) is 3.09. The van der Waals surface area contributed by atoms with Crippen LogP contribution >= 0.6 is 0 Å². The predicted molar refractivity (Wildman–Crippen MR) is 86.4 cm³/mol. The topological polar surface area (TPSA) is 89.6 Å². The van der Waals surface area contributed by atoms with E-state index in [4.69, 9.17) is 9.47 Å². The van der Waals surface area contributed by atoms with Crippen LogP contribution in [0.5, 0.6) is 5.75 Å². The highest BCUT2D eigenvalue weighted by atomic mass is 16.5. The van der Waals surface area contributed by atoms with Crippen LogP contribution in [0.2, 0.25) is 0 Å². The molecule has 1 unspecified atom stereocenters. The molecule has 130 valence electrons. The van der Waals surface area contributed by atoms with Gasteiger partial charge in [-0.25, -0.2) is 9.67 Å². The van der Waals surface area contributed by atoms with Crippen LogP contribution in [0.4, 0.5) is 0 Å². The number of benzene rings is 1. The maximum Gasteiger partial charge on any atom is 0.188 e. The molecule has 1 aromatic heterocycles. The number of aliphatic hydroxyl groups excluding tert-OH is 2. The monoisotopic (exact) mass is 333 g/mol. The van der Waals surface area contributed by atoms with Gasteiger partial charge in [0.05, 0.1) is 19.3 Å². The quantitative estimate of drug-likeness (QED) is 0.786. The molecule has 0 radical (unpaired) electrons. The van der Waals surface area contributed by atoms with Crippen molar-refractivity contribution in [3.05, 3.63) is 42.5 Å². The number of hydrogen-bond donors (Lipinski definition) is 2. The Kier molecular flexibility index (Phi) is 5.44. The highest BCUT2D eigenvalue weighted by Crippen LogP contribution is 2.34. The van der Waals surface area contributed by atoms with Crippen LogP contribution in [0, 0.1) is 5.41 Å². The minimum Gasteiger partial charge on any atom is -0.486 e. The van der Waals surface area contributed by atoms with E-state index in [0.29, 0.717) is 38.4 Å². The van der Waals surface area contributed by atoms with Gasteiger partial charge in [-0.15, -0.1) is 0 Å². The molecule has 0 amide bonds. The fourth-order valence-corrected chi connectivity index (χ4v) is 2.90. The van der Waals surface area contributed by atoms with Crippen LogP contribution in [-0.2, 0) is 17.9 Å². The Morgan fingerprint density at radius 2 is 2.00 bits per heavy atom. The van der Waals surface area contributed by atoms with Gasteiger partial charge < -0.3 is 19.7 Å². The number of rotatable bonds is 7. The molecular weight excluding hydrogens is 310 g/mol. The third kappa shape index (κ3) is 3.92. The van der Waals surface area contributed by atoms with E-state index in [1.807, 2.05) is 30.3 Å². The number of ether oxygens (including phenoxy) is 2. The van der Waals surface area contributed by atoms with E-state index >= 15 is 0 Å². The Morgan fingerprint density at radius 3 is 2.71 bits per heavy atom. The number of para-hydroxylation sites is 1. The number of aliphatic hydroxyl groups is 2. The van der Waals surface area contributed by atoms with Gasteiger partial charge in [0, 0.05) is 18.6 Å². The Morgan fingerprint density at radius 1 is 1.25 bits per heavy atom. The van der Waals surface area contributed by atoms with Crippen molar-refractivity contribution < 1.29 is 19.7 Å². The van der Waals surface area contributed by atoms with E-state index in [1.165, 1.54) is 0 Å². The summed E-state index contributed by atoms with van der Waals surface area (Å²) in [5, 5.41) is 24.6. The summed E-state index contributed by atoms with van der Waals surface area (Å²) >= 11 is 0. The second-order valence-corrected chi connectivity index (χ2v) is 6.13. The third-order valence-corrected chi connectivity index (χ3v) is 4.57. The summed E-state index contributed by atoms with van der Waals surface area (Å²) < 4.78 is 12.5. The number of hydrogen-bond acceptors (Lipinski definition) is 6. The van der Waals surface area contributed by atoms with Gasteiger partial charge in [-0.1, -0.05) is 18.2 Å². The summed E-state index contributed by atoms with van der Waals surface area (Å²) in [5.74, 6) is 1.31. The lowest BCUT2D eigenvalue weighted by atomic mass is 9.76. The Labute approximate surface area is 140 Å². The zero-order valence-electron chi connectivity index (χ0n) is 13.5. The lowest BCUT2D eigenvalue weighted by Crippen LogP contribution is -2.45. The minimum absolute atomic E-state index is 0.0593. The van der Waals surface area contributed by atoms with Crippen molar-refractivity contribution in [2.24, 2.45) is 5.41 Å². The highest BCUT2D eigenvalue weighted by Gasteiger charge is 2.39. The van der Waals surface area contributed by atoms with Crippen LogP contribution in [0.25, 0.3) is 0 Å². The molecule has 1 atom stereocenters. The second-order valence-electron chi connectivity index (χ2n) is 6.13. The Balaban J connectivity index is 1.57. The van der Waals surface area contributed by atoms with Crippen molar-refractivity contribution in [3.8, 4) is 5.75 Å². The van der Waals surface area contributed by atoms with E-state index in [-0.39, 0.29) is 13.2 Å². The van der Waals surface area contributed by atoms with E-state index in [2.05, 4.69) is 10.1 Å². The van der Waals surface area contributed by atoms with E-state index in [1.54, 1.807) is 11.0 Å². The summed E-state index contributed by atoms with van der Waals surface area (Å²) in [5.41, 5.74) is -0.523. The van der Waals surface area contributed by atoms with Crippen molar-refractivity contribution in [3.63, 3.8) is 0 Å². The van der Waals surface area contributed by atoms with Gasteiger partial charge in [-0.05, 0) is 25.0 Å². The molecule has 1 aromatic carbocycles. The first-order chi connectivity index (χ1) is 11.7. The van der Waals surface area contributed by atoms with Crippen molar-refractivity contribution in [1.82, 2.24) is 14.8 Å². The van der Waals surface area contributed by atoms with Gasteiger partial charge in [0.1, 0.15) is 18.7 Å². The van der Waals surface area contributed by atoms with E-state index in [0.717, 1.165) is 5.75 Å². The summed E-state index contributed by atoms with van der Waals surface area (Å²) in [6, 6.07) is 9.47. The van der Waals surface area contributed by atoms with Crippen molar-refractivity contribution in [1.29, 1.82) is 0 Å². The normalized spacial score (nSPS) is 18.2. The number of nitrogens with zero attached hydrogens (tertiary/aromatic N) is 3. The first-order valence-corrected chi connectivity index (χ1v) is 8.15. The second kappa shape index (κ2) is 7.74.